The number of aryl methyl sites for hydroxylation is 1. The summed E-state index contributed by atoms with van der Waals surface area (Å²) in [4.78, 5) is 0. The van der Waals surface area contributed by atoms with Gasteiger partial charge in [0, 0.05) is 10.8 Å². The zero-order valence-electron chi connectivity index (χ0n) is 8.29. The summed E-state index contributed by atoms with van der Waals surface area (Å²) in [5.74, 6) is -0.696. The molecule has 0 amide bonds. The molecule has 3 nitrogen and oxygen atoms in total. The smallest absolute Gasteiger partial charge is 0.416 e. The van der Waals surface area contributed by atoms with Gasteiger partial charge in [0.05, 0.1) is 15.7 Å². The Labute approximate surface area is 101 Å². The summed E-state index contributed by atoms with van der Waals surface area (Å²) in [6.45, 7) is 0. The van der Waals surface area contributed by atoms with E-state index in [1.807, 2.05) is 0 Å². The molecule has 0 radical (unpaired) electrons. The van der Waals surface area contributed by atoms with Gasteiger partial charge in [0.15, 0.2) is 0 Å². The van der Waals surface area contributed by atoms with E-state index in [-0.39, 0.29) is 17.0 Å². The molecule has 1 rings (SSSR count). The molecule has 0 unspecified atom stereocenters. The molecule has 1 aromatic carbocycles. The van der Waals surface area contributed by atoms with E-state index in [2.05, 4.69) is 0 Å². The van der Waals surface area contributed by atoms with Crippen LogP contribution in [0.1, 0.15) is 11.1 Å². The van der Waals surface area contributed by atoms with E-state index in [1.54, 1.807) is 0 Å². The van der Waals surface area contributed by atoms with Crippen molar-refractivity contribution in [2.45, 2.75) is 12.6 Å². The lowest BCUT2D eigenvalue weighted by molar-refractivity contribution is -0.137. The summed E-state index contributed by atoms with van der Waals surface area (Å²) in [7, 11) is -4.41. The molecule has 0 saturated heterocycles. The van der Waals surface area contributed by atoms with Crippen LogP contribution in [0.3, 0.4) is 0 Å². The van der Waals surface area contributed by atoms with Crippen LogP contribution in [0.4, 0.5) is 13.2 Å². The van der Waals surface area contributed by atoms with Crippen LogP contribution in [0.2, 0.25) is 5.02 Å². The van der Waals surface area contributed by atoms with Crippen LogP contribution in [-0.4, -0.2) is 18.7 Å². The van der Waals surface area contributed by atoms with Gasteiger partial charge in [-0.25, -0.2) is 8.42 Å². The summed E-state index contributed by atoms with van der Waals surface area (Å²) in [5.41, 5.74) is -0.727. The summed E-state index contributed by atoms with van der Waals surface area (Å²) in [6, 6.07) is 2.56. The van der Waals surface area contributed by atoms with E-state index in [4.69, 9.17) is 11.6 Å². The Kier molecular flexibility index (Phi) is 4.06. The quantitative estimate of drug-likeness (QED) is 0.802. The third-order valence-electron chi connectivity index (χ3n) is 2.00. The summed E-state index contributed by atoms with van der Waals surface area (Å²) in [5, 5.41) is -0.205. The number of hydrogen-bond acceptors (Lipinski definition) is 3. The fraction of sp³-hybridized carbons (Fsp3) is 0.333. The molecule has 96 valence electrons. The molecule has 0 heterocycles. The van der Waals surface area contributed by atoms with Crippen LogP contribution in [-0.2, 0) is 22.7 Å². The van der Waals surface area contributed by atoms with Crippen molar-refractivity contribution in [2.24, 2.45) is 0 Å². The van der Waals surface area contributed by atoms with Crippen molar-refractivity contribution in [3.63, 3.8) is 0 Å². The fourth-order valence-corrected chi connectivity index (χ4v) is 1.91. The van der Waals surface area contributed by atoms with Crippen LogP contribution >= 0.6 is 11.6 Å². The average Bonchev–Trinajstić information content (AvgIpc) is 2.12. The standard InChI is InChI=1S/C9H8ClF3O3S/c10-8-5-7(9(11,12)13)2-1-6(8)3-4-17(14,15)16/h1-2,5H,3-4H2,(H,14,15,16)/p-1. The Balaban J connectivity index is 2.91. The van der Waals surface area contributed by atoms with Gasteiger partial charge in [0.1, 0.15) is 0 Å². The maximum atomic E-state index is 12.3. The van der Waals surface area contributed by atoms with Crippen molar-refractivity contribution in [1.29, 1.82) is 0 Å². The number of hydrogen-bond donors (Lipinski definition) is 0. The zero-order valence-corrected chi connectivity index (χ0v) is 9.86. The van der Waals surface area contributed by atoms with E-state index >= 15 is 0 Å². The Morgan fingerprint density at radius 1 is 1.29 bits per heavy atom. The van der Waals surface area contributed by atoms with Crippen LogP contribution in [0.15, 0.2) is 18.2 Å². The van der Waals surface area contributed by atoms with Crippen molar-refractivity contribution >= 4 is 21.7 Å². The van der Waals surface area contributed by atoms with Crippen molar-refractivity contribution in [1.82, 2.24) is 0 Å². The molecule has 17 heavy (non-hydrogen) atoms. The minimum atomic E-state index is -4.51. The van der Waals surface area contributed by atoms with Crippen molar-refractivity contribution in [3.05, 3.63) is 34.3 Å². The summed E-state index contributed by atoms with van der Waals surface area (Å²) >= 11 is 5.57. The maximum Gasteiger partial charge on any atom is 0.416 e. The van der Waals surface area contributed by atoms with Gasteiger partial charge >= 0.3 is 6.18 Å². The molecule has 0 aliphatic carbocycles. The molecule has 0 spiro atoms. The first-order chi connectivity index (χ1) is 7.59. The van der Waals surface area contributed by atoms with Gasteiger partial charge < -0.3 is 4.55 Å². The predicted molar refractivity (Wildman–Crippen MR) is 54.7 cm³/mol. The lowest BCUT2D eigenvalue weighted by atomic mass is 10.1. The minimum absolute atomic E-state index is 0.194. The second-order valence-electron chi connectivity index (χ2n) is 3.32. The van der Waals surface area contributed by atoms with Crippen LogP contribution in [0.25, 0.3) is 0 Å². The van der Waals surface area contributed by atoms with Gasteiger partial charge in [-0.05, 0) is 24.1 Å². The van der Waals surface area contributed by atoms with Crippen molar-refractivity contribution in [2.75, 3.05) is 5.75 Å². The Morgan fingerprint density at radius 3 is 2.29 bits per heavy atom. The average molecular weight is 288 g/mol. The maximum absolute atomic E-state index is 12.3. The summed E-state index contributed by atoms with van der Waals surface area (Å²) in [6.07, 6.45) is -4.71. The SMILES string of the molecule is O=S(=O)([O-])CCc1ccc(C(F)(F)F)cc1Cl. The van der Waals surface area contributed by atoms with Crippen molar-refractivity contribution in [3.8, 4) is 0 Å². The molecule has 0 aliphatic heterocycles. The molecule has 0 aliphatic rings. The predicted octanol–water partition coefficient (Wildman–Crippen LogP) is 2.45. The lowest BCUT2D eigenvalue weighted by Gasteiger charge is -2.11. The Morgan fingerprint density at radius 2 is 1.88 bits per heavy atom. The molecule has 8 heteroatoms. The molecule has 0 N–H and O–H groups in total. The first-order valence-corrected chi connectivity index (χ1v) is 6.34. The van der Waals surface area contributed by atoms with Gasteiger partial charge in [-0.1, -0.05) is 17.7 Å². The molecule has 0 saturated carbocycles. The third kappa shape index (κ3) is 4.53. The highest BCUT2D eigenvalue weighted by molar-refractivity contribution is 7.85. The van der Waals surface area contributed by atoms with Gasteiger partial charge in [-0.3, -0.25) is 0 Å². The number of rotatable bonds is 3. The van der Waals surface area contributed by atoms with Crippen LogP contribution in [0.5, 0.6) is 0 Å². The largest absolute Gasteiger partial charge is 0.748 e. The summed E-state index contributed by atoms with van der Waals surface area (Å²) < 4.78 is 67.9. The molecular formula is C9H7ClF3O3S-. The number of halogens is 4. The van der Waals surface area contributed by atoms with Crippen molar-refractivity contribution < 1.29 is 26.1 Å². The third-order valence-corrected chi connectivity index (χ3v) is 3.06. The Bertz CT molecular complexity index is 511. The lowest BCUT2D eigenvalue weighted by Crippen LogP contribution is -2.09. The minimum Gasteiger partial charge on any atom is -0.748 e. The normalized spacial score (nSPS) is 12.8. The Hall–Kier alpha value is -0.790. The van der Waals surface area contributed by atoms with E-state index in [9.17, 15) is 26.1 Å². The van der Waals surface area contributed by atoms with Gasteiger partial charge in [0.2, 0.25) is 0 Å². The van der Waals surface area contributed by atoms with Gasteiger partial charge in [-0.2, -0.15) is 13.2 Å². The molecule has 0 fully saturated rings. The molecule has 0 aromatic heterocycles. The number of benzene rings is 1. The first kappa shape index (κ1) is 14.3. The molecule has 1 aromatic rings. The second-order valence-corrected chi connectivity index (χ2v) is 5.25. The second kappa shape index (κ2) is 4.83. The highest BCUT2D eigenvalue weighted by Crippen LogP contribution is 2.32. The molecule has 0 bridgehead atoms. The fourth-order valence-electron chi connectivity index (χ4n) is 1.16. The van der Waals surface area contributed by atoms with E-state index in [0.29, 0.717) is 6.07 Å². The highest BCUT2D eigenvalue weighted by Gasteiger charge is 2.30. The monoisotopic (exact) mass is 287 g/mol. The van der Waals surface area contributed by atoms with E-state index < -0.39 is 27.6 Å². The highest BCUT2D eigenvalue weighted by atomic mass is 35.5. The topological polar surface area (TPSA) is 57.2 Å². The van der Waals surface area contributed by atoms with Crippen LogP contribution < -0.4 is 0 Å². The van der Waals surface area contributed by atoms with Gasteiger partial charge in [-0.15, -0.1) is 0 Å². The first-order valence-electron chi connectivity index (χ1n) is 4.39. The van der Waals surface area contributed by atoms with E-state index in [1.165, 1.54) is 0 Å². The molecular weight excluding hydrogens is 281 g/mol. The zero-order chi connectivity index (χ0) is 13.3. The number of alkyl halides is 3. The van der Waals surface area contributed by atoms with E-state index in [0.717, 1.165) is 12.1 Å². The van der Waals surface area contributed by atoms with Gasteiger partial charge in [0.25, 0.3) is 0 Å². The van der Waals surface area contributed by atoms with Crippen LogP contribution in [0, 0.1) is 0 Å². The molecule has 0 atom stereocenters.